The fraction of sp³-hybridized carbons (Fsp3) is 0.267. The third-order valence-corrected chi connectivity index (χ3v) is 2.96. The summed E-state index contributed by atoms with van der Waals surface area (Å²) in [6, 6.07) is 6.49. The van der Waals surface area contributed by atoms with Gasteiger partial charge in [-0.25, -0.2) is 4.79 Å². The first-order valence-electron chi connectivity index (χ1n) is 6.55. The van der Waals surface area contributed by atoms with Crippen LogP contribution in [0.5, 0.6) is 0 Å². The lowest BCUT2D eigenvalue weighted by Crippen LogP contribution is -2.12. The summed E-state index contributed by atoms with van der Waals surface area (Å²) in [6.45, 7) is 4.01. The molecule has 1 amide bonds. The summed E-state index contributed by atoms with van der Waals surface area (Å²) < 4.78 is 6.37. The first-order chi connectivity index (χ1) is 10.0. The highest BCUT2D eigenvalue weighted by Crippen LogP contribution is 2.12. The van der Waals surface area contributed by atoms with E-state index in [1.54, 1.807) is 41.3 Å². The highest BCUT2D eigenvalue weighted by atomic mass is 16.5. The van der Waals surface area contributed by atoms with E-state index < -0.39 is 5.97 Å². The van der Waals surface area contributed by atoms with E-state index in [1.165, 1.54) is 7.11 Å². The highest BCUT2D eigenvalue weighted by Gasteiger charge is 2.10. The van der Waals surface area contributed by atoms with Gasteiger partial charge in [0.1, 0.15) is 0 Å². The maximum absolute atomic E-state index is 12.1. The van der Waals surface area contributed by atoms with Gasteiger partial charge in [0, 0.05) is 17.8 Å². The molecule has 0 saturated heterocycles. The second-order valence-corrected chi connectivity index (χ2v) is 4.83. The monoisotopic (exact) mass is 287 g/mol. The number of esters is 1. The Morgan fingerprint density at radius 1 is 1.19 bits per heavy atom. The number of nitrogens with one attached hydrogen (secondary N) is 1. The zero-order valence-electron chi connectivity index (χ0n) is 12.2. The highest BCUT2D eigenvalue weighted by molar-refractivity contribution is 6.04. The van der Waals surface area contributed by atoms with Crippen LogP contribution < -0.4 is 5.32 Å². The molecule has 2 aromatic rings. The Bertz CT molecular complexity index is 644. The third-order valence-electron chi connectivity index (χ3n) is 2.96. The van der Waals surface area contributed by atoms with Crippen LogP contribution in [-0.4, -0.2) is 28.8 Å². The molecule has 0 fully saturated rings. The zero-order chi connectivity index (χ0) is 15.4. The molecule has 1 aromatic carbocycles. The summed E-state index contributed by atoms with van der Waals surface area (Å²) in [7, 11) is 1.31. The molecule has 0 aliphatic rings. The number of amides is 1. The molecule has 6 nitrogen and oxygen atoms in total. The Morgan fingerprint density at radius 2 is 1.81 bits per heavy atom. The molecule has 1 aromatic heterocycles. The molecule has 21 heavy (non-hydrogen) atoms. The topological polar surface area (TPSA) is 73.2 Å². The van der Waals surface area contributed by atoms with E-state index in [9.17, 15) is 9.59 Å². The average Bonchev–Trinajstić information content (AvgIpc) is 2.95. The molecule has 0 aliphatic heterocycles. The summed E-state index contributed by atoms with van der Waals surface area (Å²) in [6.07, 6.45) is 3.37. The molecule has 0 radical (unpaired) electrons. The van der Waals surface area contributed by atoms with Crippen molar-refractivity contribution in [3.05, 3.63) is 47.8 Å². The van der Waals surface area contributed by atoms with Crippen molar-refractivity contribution in [1.82, 2.24) is 9.78 Å². The summed E-state index contributed by atoms with van der Waals surface area (Å²) >= 11 is 0. The normalized spacial score (nSPS) is 10.5. The van der Waals surface area contributed by atoms with Crippen molar-refractivity contribution in [3.63, 3.8) is 0 Å². The van der Waals surface area contributed by atoms with Gasteiger partial charge in [0.25, 0.3) is 5.91 Å². The van der Waals surface area contributed by atoms with Crippen molar-refractivity contribution < 1.29 is 14.3 Å². The third kappa shape index (κ3) is 3.47. The largest absolute Gasteiger partial charge is 0.465 e. The van der Waals surface area contributed by atoms with E-state index in [-0.39, 0.29) is 11.9 Å². The lowest BCUT2D eigenvalue weighted by atomic mass is 10.1. The van der Waals surface area contributed by atoms with Gasteiger partial charge in [-0.3, -0.25) is 9.48 Å². The van der Waals surface area contributed by atoms with Crippen molar-refractivity contribution in [1.29, 1.82) is 0 Å². The van der Waals surface area contributed by atoms with Gasteiger partial charge in [0.05, 0.1) is 24.6 Å². The van der Waals surface area contributed by atoms with Crippen molar-refractivity contribution in [2.24, 2.45) is 0 Å². The van der Waals surface area contributed by atoms with Crippen molar-refractivity contribution >= 4 is 17.6 Å². The summed E-state index contributed by atoms with van der Waals surface area (Å²) in [5.74, 6) is -0.685. The number of ether oxygens (including phenoxy) is 1. The number of carbonyl (C=O) groups is 2. The van der Waals surface area contributed by atoms with Crippen LogP contribution in [0.2, 0.25) is 0 Å². The Kier molecular flexibility index (Phi) is 4.37. The molecule has 1 heterocycles. The molecule has 0 bridgehead atoms. The summed E-state index contributed by atoms with van der Waals surface area (Å²) in [4.78, 5) is 23.4. The van der Waals surface area contributed by atoms with Crippen LogP contribution in [0, 0.1) is 0 Å². The van der Waals surface area contributed by atoms with Crippen molar-refractivity contribution in [2.45, 2.75) is 19.9 Å². The first kappa shape index (κ1) is 14.8. The SMILES string of the molecule is COC(=O)c1ccc(C(=O)Nc2cnn(C(C)C)c2)cc1. The maximum Gasteiger partial charge on any atom is 0.337 e. The lowest BCUT2D eigenvalue weighted by molar-refractivity contribution is 0.0600. The number of hydrogen-bond donors (Lipinski definition) is 1. The molecule has 0 atom stereocenters. The maximum atomic E-state index is 12.1. The molecule has 0 aliphatic carbocycles. The van der Waals surface area contributed by atoms with Gasteiger partial charge in [0.15, 0.2) is 0 Å². The Labute approximate surface area is 122 Å². The Balaban J connectivity index is 2.07. The number of rotatable bonds is 4. The summed E-state index contributed by atoms with van der Waals surface area (Å²) in [5, 5.41) is 6.91. The second-order valence-electron chi connectivity index (χ2n) is 4.83. The number of nitrogens with zero attached hydrogens (tertiary/aromatic N) is 2. The predicted octanol–water partition coefficient (Wildman–Crippen LogP) is 2.50. The van der Waals surface area contributed by atoms with E-state index >= 15 is 0 Å². The number of methoxy groups -OCH3 is 1. The van der Waals surface area contributed by atoms with Gasteiger partial charge in [-0.05, 0) is 38.1 Å². The fourth-order valence-electron chi connectivity index (χ4n) is 1.76. The van der Waals surface area contributed by atoms with Crippen LogP contribution in [0.1, 0.15) is 40.6 Å². The molecule has 6 heteroatoms. The standard InChI is InChI=1S/C15H17N3O3/c1-10(2)18-9-13(8-16-18)17-14(19)11-4-6-12(7-5-11)15(20)21-3/h4-10H,1-3H3,(H,17,19). The van der Waals surface area contributed by atoms with Gasteiger partial charge < -0.3 is 10.1 Å². The minimum absolute atomic E-state index is 0.231. The van der Waals surface area contributed by atoms with E-state index in [1.807, 2.05) is 13.8 Å². The second kappa shape index (κ2) is 6.21. The molecule has 0 spiro atoms. The van der Waals surface area contributed by atoms with Gasteiger partial charge in [-0.1, -0.05) is 0 Å². The predicted molar refractivity (Wildman–Crippen MR) is 78.3 cm³/mol. The Morgan fingerprint density at radius 3 is 2.33 bits per heavy atom. The minimum atomic E-state index is -0.430. The lowest BCUT2D eigenvalue weighted by Gasteiger charge is -2.05. The molecule has 2 rings (SSSR count). The number of aromatic nitrogens is 2. The van der Waals surface area contributed by atoms with Crippen LogP contribution in [-0.2, 0) is 4.74 Å². The number of benzene rings is 1. The molecular weight excluding hydrogens is 270 g/mol. The smallest absolute Gasteiger partial charge is 0.337 e. The quantitative estimate of drug-likeness (QED) is 0.877. The Hall–Kier alpha value is -2.63. The molecule has 0 unspecified atom stereocenters. The van der Waals surface area contributed by atoms with Gasteiger partial charge >= 0.3 is 5.97 Å². The van der Waals surface area contributed by atoms with Crippen LogP contribution in [0.4, 0.5) is 5.69 Å². The van der Waals surface area contributed by atoms with E-state index in [0.29, 0.717) is 16.8 Å². The molecular formula is C15H17N3O3. The summed E-state index contributed by atoms with van der Waals surface area (Å²) in [5.41, 5.74) is 1.49. The van der Waals surface area contributed by atoms with Gasteiger partial charge in [-0.2, -0.15) is 5.10 Å². The van der Waals surface area contributed by atoms with E-state index in [4.69, 9.17) is 0 Å². The van der Waals surface area contributed by atoms with E-state index in [2.05, 4.69) is 15.2 Å². The number of anilines is 1. The van der Waals surface area contributed by atoms with Crippen LogP contribution >= 0.6 is 0 Å². The zero-order valence-corrected chi connectivity index (χ0v) is 12.2. The van der Waals surface area contributed by atoms with Crippen LogP contribution in [0.3, 0.4) is 0 Å². The number of hydrogen-bond acceptors (Lipinski definition) is 4. The molecule has 110 valence electrons. The van der Waals surface area contributed by atoms with Crippen molar-refractivity contribution in [3.8, 4) is 0 Å². The van der Waals surface area contributed by atoms with Gasteiger partial charge in [-0.15, -0.1) is 0 Å². The first-order valence-corrected chi connectivity index (χ1v) is 6.55. The molecule has 0 saturated carbocycles. The van der Waals surface area contributed by atoms with Gasteiger partial charge in [0.2, 0.25) is 0 Å². The average molecular weight is 287 g/mol. The van der Waals surface area contributed by atoms with Crippen molar-refractivity contribution in [2.75, 3.05) is 12.4 Å². The van der Waals surface area contributed by atoms with Crippen LogP contribution in [0.25, 0.3) is 0 Å². The minimum Gasteiger partial charge on any atom is -0.465 e. The molecule has 1 N–H and O–H groups in total. The van der Waals surface area contributed by atoms with Crippen LogP contribution in [0.15, 0.2) is 36.7 Å². The fourth-order valence-corrected chi connectivity index (χ4v) is 1.76. The number of carbonyl (C=O) groups excluding carboxylic acids is 2. The van der Waals surface area contributed by atoms with E-state index in [0.717, 1.165) is 0 Å².